The number of amides is 1. The lowest BCUT2D eigenvalue weighted by molar-refractivity contribution is 0.0993. The molecular weight excluding hydrogens is 357 g/mol. The second kappa shape index (κ2) is 7.31. The number of halogens is 1. The van der Waals surface area contributed by atoms with Crippen molar-refractivity contribution < 1.29 is 13.9 Å². The summed E-state index contributed by atoms with van der Waals surface area (Å²) in [6.07, 6.45) is 1.11. The van der Waals surface area contributed by atoms with Crippen molar-refractivity contribution in [2.75, 3.05) is 16.8 Å². The average molecular weight is 377 g/mol. The van der Waals surface area contributed by atoms with Crippen molar-refractivity contribution in [2.24, 2.45) is 0 Å². The maximum Gasteiger partial charge on any atom is 0.262 e. The van der Waals surface area contributed by atoms with Crippen molar-refractivity contribution in [3.8, 4) is 5.75 Å². The molecule has 0 saturated heterocycles. The summed E-state index contributed by atoms with van der Waals surface area (Å²) in [4.78, 5) is 19.1. The number of aryl methyl sites for hydroxylation is 1. The van der Waals surface area contributed by atoms with E-state index < -0.39 is 6.17 Å². The second-order valence-electron chi connectivity index (χ2n) is 6.55. The topological polar surface area (TPSA) is 54.5 Å². The Labute approximate surface area is 162 Å². The molecule has 2 heterocycles. The van der Waals surface area contributed by atoms with Gasteiger partial charge in [0, 0.05) is 17.6 Å². The van der Waals surface area contributed by atoms with Crippen LogP contribution in [0.5, 0.6) is 5.75 Å². The van der Waals surface area contributed by atoms with Gasteiger partial charge in [-0.15, -0.1) is 0 Å². The van der Waals surface area contributed by atoms with E-state index >= 15 is 0 Å². The van der Waals surface area contributed by atoms with E-state index in [-0.39, 0.29) is 11.7 Å². The summed E-state index contributed by atoms with van der Waals surface area (Å²) in [5.74, 6) is 0.277. The smallest absolute Gasteiger partial charge is 0.262 e. The molecule has 1 aliphatic rings. The molecule has 0 aliphatic carbocycles. The fourth-order valence-corrected chi connectivity index (χ4v) is 3.29. The van der Waals surface area contributed by atoms with Gasteiger partial charge in [-0.3, -0.25) is 14.7 Å². The van der Waals surface area contributed by atoms with Gasteiger partial charge in [0.05, 0.1) is 17.9 Å². The third-order valence-corrected chi connectivity index (χ3v) is 4.71. The lowest BCUT2D eigenvalue weighted by Crippen LogP contribution is -2.32. The highest BCUT2D eigenvalue weighted by Gasteiger charge is 2.39. The number of hydrogen-bond acceptors (Lipinski definition) is 4. The Hall–Kier alpha value is -3.41. The molecule has 4 rings (SSSR count). The molecule has 0 radical (unpaired) electrons. The van der Waals surface area contributed by atoms with Crippen molar-refractivity contribution in [1.82, 2.24) is 4.98 Å². The number of rotatable bonds is 5. The molecule has 142 valence electrons. The van der Waals surface area contributed by atoms with Gasteiger partial charge in [-0.25, -0.2) is 4.39 Å². The maximum absolute atomic E-state index is 14.0. The van der Waals surface area contributed by atoms with Crippen LogP contribution in [0.3, 0.4) is 0 Å². The number of ether oxygens (including phenoxy) is 1. The zero-order valence-electron chi connectivity index (χ0n) is 15.6. The molecule has 1 aliphatic heterocycles. The van der Waals surface area contributed by atoms with Crippen LogP contribution in [0.1, 0.15) is 34.7 Å². The molecule has 2 aromatic carbocycles. The van der Waals surface area contributed by atoms with Crippen molar-refractivity contribution in [1.29, 1.82) is 0 Å². The standard InChI is InChI=1S/C22H20FN3O2/c1-3-28-17-10-8-16(9-11-17)26-21(20-18(22(26)27)5-4-12-24-20)25-15-7-6-14(2)19(23)13-15/h4-13,21,25H,3H2,1-2H3/t21-/m1/s1. The summed E-state index contributed by atoms with van der Waals surface area (Å²) in [5, 5.41) is 3.26. The van der Waals surface area contributed by atoms with Gasteiger partial charge >= 0.3 is 0 Å². The number of pyridine rings is 1. The summed E-state index contributed by atoms with van der Waals surface area (Å²) < 4.78 is 19.5. The van der Waals surface area contributed by atoms with E-state index in [2.05, 4.69) is 10.3 Å². The summed E-state index contributed by atoms with van der Waals surface area (Å²) in [6, 6.07) is 15.7. The number of hydrogen-bond donors (Lipinski definition) is 1. The first-order valence-corrected chi connectivity index (χ1v) is 9.12. The third-order valence-electron chi connectivity index (χ3n) is 4.71. The van der Waals surface area contributed by atoms with Gasteiger partial charge in [0.1, 0.15) is 11.6 Å². The van der Waals surface area contributed by atoms with Crippen LogP contribution in [-0.4, -0.2) is 17.5 Å². The number of carbonyl (C=O) groups excluding carboxylic acids is 1. The van der Waals surface area contributed by atoms with Crippen molar-refractivity contribution in [2.45, 2.75) is 20.0 Å². The molecule has 0 spiro atoms. The van der Waals surface area contributed by atoms with E-state index in [1.165, 1.54) is 6.07 Å². The first-order valence-electron chi connectivity index (χ1n) is 9.12. The molecular formula is C22H20FN3O2. The highest BCUT2D eigenvalue weighted by molar-refractivity contribution is 6.11. The molecule has 5 nitrogen and oxygen atoms in total. The van der Waals surface area contributed by atoms with Crippen LogP contribution < -0.4 is 15.0 Å². The van der Waals surface area contributed by atoms with E-state index in [9.17, 15) is 9.18 Å². The van der Waals surface area contributed by atoms with Gasteiger partial charge < -0.3 is 10.1 Å². The van der Waals surface area contributed by atoms with Crippen molar-refractivity contribution in [3.63, 3.8) is 0 Å². The zero-order valence-corrected chi connectivity index (χ0v) is 15.6. The van der Waals surface area contributed by atoms with E-state index in [4.69, 9.17) is 4.74 Å². The first-order chi connectivity index (χ1) is 13.6. The Morgan fingerprint density at radius 1 is 1.18 bits per heavy atom. The number of carbonyl (C=O) groups is 1. The fraction of sp³-hybridized carbons (Fsp3) is 0.182. The highest BCUT2D eigenvalue weighted by atomic mass is 19.1. The Balaban J connectivity index is 1.72. The van der Waals surface area contributed by atoms with Gasteiger partial charge in [0.15, 0.2) is 6.17 Å². The largest absolute Gasteiger partial charge is 0.494 e. The van der Waals surface area contributed by atoms with Crippen LogP contribution in [0.15, 0.2) is 60.8 Å². The highest BCUT2D eigenvalue weighted by Crippen LogP contribution is 2.37. The molecule has 0 bridgehead atoms. The van der Waals surface area contributed by atoms with E-state index in [1.807, 2.05) is 31.2 Å². The summed E-state index contributed by atoms with van der Waals surface area (Å²) in [6.45, 7) is 4.20. The Morgan fingerprint density at radius 3 is 2.68 bits per heavy atom. The van der Waals surface area contributed by atoms with Gasteiger partial charge in [-0.1, -0.05) is 6.07 Å². The van der Waals surface area contributed by atoms with Crippen LogP contribution in [0.25, 0.3) is 0 Å². The minimum absolute atomic E-state index is 0.155. The Morgan fingerprint density at radius 2 is 1.96 bits per heavy atom. The van der Waals surface area contributed by atoms with E-state index in [1.54, 1.807) is 42.3 Å². The predicted molar refractivity (Wildman–Crippen MR) is 106 cm³/mol. The molecule has 1 aromatic heterocycles. The molecule has 1 N–H and O–H groups in total. The SMILES string of the molecule is CCOc1ccc(N2C(=O)c3cccnc3[C@@H]2Nc2ccc(C)c(F)c2)cc1. The molecule has 1 atom stereocenters. The minimum atomic E-state index is -0.538. The Kier molecular flexibility index (Phi) is 4.69. The van der Waals surface area contributed by atoms with Crippen molar-refractivity contribution in [3.05, 3.63) is 83.4 Å². The van der Waals surface area contributed by atoms with E-state index in [0.29, 0.717) is 34.8 Å². The predicted octanol–water partition coefficient (Wildman–Crippen LogP) is 4.70. The van der Waals surface area contributed by atoms with Crippen LogP contribution in [-0.2, 0) is 0 Å². The average Bonchev–Trinajstić information content (AvgIpc) is 2.98. The lowest BCUT2D eigenvalue weighted by atomic mass is 10.2. The second-order valence-corrected chi connectivity index (χ2v) is 6.55. The number of anilines is 2. The van der Waals surface area contributed by atoms with Crippen LogP contribution in [0.2, 0.25) is 0 Å². The zero-order chi connectivity index (χ0) is 19.7. The number of aromatic nitrogens is 1. The van der Waals surface area contributed by atoms with Crippen molar-refractivity contribution >= 4 is 17.3 Å². The van der Waals surface area contributed by atoms with Crippen LogP contribution in [0, 0.1) is 12.7 Å². The number of nitrogens with zero attached hydrogens (tertiary/aromatic N) is 2. The summed E-state index contributed by atoms with van der Waals surface area (Å²) in [5.41, 5.74) is 2.99. The normalized spacial score (nSPS) is 15.5. The molecule has 0 saturated carbocycles. The molecule has 6 heteroatoms. The van der Waals surface area contributed by atoms with Gasteiger partial charge in [0.25, 0.3) is 5.91 Å². The molecule has 0 unspecified atom stereocenters. The van der Waals surface area contributed by atoms with Gasteiger partial charge in [-0.2, -0.15) is 0 Å². The maximum atomic E-state index is 14.0. The lowest BCUT2D eigenvalue weighted by Gasteiger charge is -2.26. The van der Waals surface area contributed by atoms with Gasteiger partial charge in [0.2, 0.25) is 0 Å². The first kappa shape index (κ1) is 18.0. The van der Waals surface area contributed by atoms with Crippen LogP contribution >= 0.6 is 0 Å². The molecule has 0 fully saturated rings. The summed E-state index contributed by atoms with van der Waals surface area (Å²) in [7, 11) is 0. The molecule has 28 heavy (non-hydrogen) atoms. The molecule has 3 aromatic rings. The molecule has 1 amide bonds. The Bertz CT molecular complexity index is 1020. The summed E-state index contributed by atoms with van der Waals surface area (Å²) >= 11 is 0. The fourth-order valence-electron chi connectivity index (χ4n) is 3.29. The third kappa shape index (κ3) is 3.17. The van der Waals surface area contributed by atoms with E-state index in [0.717, 1.165) is 5.75 Å². The quantitative estimate of drug-likeness (QED) is 0.700. The minimum Gasteiger partial charge on any atom is -0.494 e. The number of benzene rings is 2. The monoisotopic (exact) mass is 377 g/mol. The number of fused-ring (bicyclic) bond motifs is 1. The number of nitrogens with one attached hydrogen (secondary N) is 1. The van der Waals surface area contributed by atoms with Crippen LogP contribution in [0.4, 0.5) is 15.8 Å². The van der Waals surface area contributed by atoms with Gasteiger partial charge in [-0.05, 0) is 67.9 Å².